The van der Waals surface area contributed by atoms with Gasteiger partial charge in [-0.1, -0.05) is 12.1 Å². The highest BCUT2D eigenvalue weighted by Gasteiger charge is 2.04. The average molecular weight is 399 g/mol. The Labute approximate surface area is 172 Å². The lowest BCUT2D eigenvalue weighted by atomic mass is 10.1. The number of nitrogens with one attached hydrogen (secondary N) is 3. The molecule has 0 aliphatic rings. The molecule has 0 aliphatic carbocycles. The third-order valence-electron chi connectivity index (χ3n) is 4.15. The number of rotatable bonds is 10. The van der Waals surface area contributed by atoms with Crippen LogP contribution in [-0.2, 0) is 6.42 Å². The number of hydrogen-bond acceptors (Lipinski definition) is 4. The van der Waals surface area contributed by atoms with Crippen LogP contribution < -0.4 is 25.4 Å². The fourth-order valence-electron chi connectivity index (χ4n) is 2.66. The van der Waals surface area contributed by atoms with Crippen LogP contribution in [0.25, 0.3) is 0 Å². The van der Waals surface area contributed by atoms with E-state index in [9.17, 15) is 4.79 Å². The number of benzene rings is 2. The zero-order chi connectivity index (χ0) is 20.9. The minimum absolute atomic E-state index is 0.0813. The number of guanidine groups is 1. The first-order valence-corrected chi connectivity index (χ1v) is 9.76. The summed E-state index contributed by atoms with van der Waals surface area (Å²) in [6, 6.07) is 15.1. The highest BCUT2D eigenvalue weighted by Crippen LogP contribution is 2.16. The number of ether oxygens (including phenoxy) is 2. The molecule has 7 nitrogen and oxygen atoms in total. The van der Waals surface area contributed by atoms with Crippen LogP contribution >= 0.6 is 0 Å². The van der Waals surface area contributed by atoms with Gasteiger partial charge in [0.05, 0.1) is 13.7 Å². The van der Waals surface area contributed by atoms with E-state index in [0.29, 0.717) is 25.3 Å². The molecule has 2 aromatic rings. The van der Waals surface area contributed by atoms with Gasteiger partial charge in [0.15, 0.2) is 5.96 Å². The third kappa shape index (κ3) is 7.73. The minimum atomic E-state index is -0.0813. The number of carbonyl (C=O) groups excluding carboxylic acids is 1. The van der Waals surface area contributed by atoms with Gasteiger partial charge in [0.2, 0.25) is 0 Å². The van der Waals surface area contributed by atoms with Crippen LogP contribution in [0.4, 0.5) is 0 Å². The Hall–Kier alpha value is -3.22. The predicted octanol–water partition coefficient (Wildman–Crippen LogP) is 2.23. The van der Waals surface area contributed by atoms with Gasteiger partial charge >= 0.3 is 0 Å². The van der Waals surface area contributed by atoms with Gasteiger partial charge in [-0.15, -0.1) is 0 Å². The Balaban J connectivity index is 1.79. The Morgan fingerprint density at radius 1 is 1.07 bits per heavy atom. The molecule has 0 aromatic heterocycles. The highest BCUT2D eigenvalue weighted by molar-refractivity contribution is 5.94. The molecule has 0 radical (unpaired) electrons. The lowest BCUT2D eigenvalue weighted by Crippen LogP contribution is -2.39. The van der Waals surface area contributed by atoms with Crippen molar-refractivity contribution >= 4 is 11.9 Å². The van der Waals surface area contributed by atoms with E-state index in [2.05, 4.69) is 20.9 Å². The molecule has 0 fully saturated rings. The molecule has 1 amide bonds. The van der Waals surface area contributed by atoms with Crippen LogP contribution in [0.1, 0.15) is 22.8 Å². The molecule has 29 heavy (non-hydrogen) atoms. The number of amides is 1. The van der Waals surface area contributed by atoms with E-state index < -0.39 is 0 Å². The summed E-state index contributed by atoms with van der Waals surface area (Å²) in [5.41, 5.74) is 1.74. The molecule has 2 rings (SSSR count). The molecule has 0 atom stereocenters. The molecule has 0 bridgehead atoms. The van der Waals surface area contributed by atoms with Crippen molar-refractivity contribution in [1.82, 2.24) is 16.0 Å². The summed E-state index contributed by atoms with van der Waals surface area (Å²) in [5.74, 6) is 2.26. The molecular weight excluding hydrogens is 368 g/mol. The van der Waals surface area contributed by atoms with Crippen molar-refractivity contribution in [2.24, 2.45) is 4.99 Å². The van der Waals surface area contributed by atoms with Crippen LogP contribution in [0.3, 0.4) is 0 Å². The predicted molar refractivity (Wildman–Crippen MR) is 116 cm³/mol. The molecule has 7 heteroatoms. The maximum atomic E-state index is 11.7. The summed E-state index contributed by atoms with van der Waals surface area (Å²) in [6.07, 6.45) is 0.754. The first kappa shape index (κ1) is 22.1. The number of carbonyl (C=O) groups is 1. The molecule has 0 aliphatic heterocycles. The van der Waals surface area contributed by atoms with Gasteiger partial charge in [0.25, 0.3) is 5.91 Å². The fraction of sp³-hybridized carbons (Fsp3) is 0.364. The summed E-state index contributed by atoms with van der Waals surface area (Å²) in [5, 5.41) is 9.13. The smallest absolute Gasteiger partial charge is 0.251 e. The van der Waals surface area contributed by atoms with Gasteiger partial charge in [-0.2, -0.15) is 0 Å². The molecule has 156 valence electrons. The Morgan fingerprint density at radius 2 is 1.83 bits per heavy atom. The monoisotopic (exact) mass is 398 g/mol. The standard InChI is InChI=1S/C22H30N4O3/c1-4-24-22(26-14-15-29-20-10-8-19(28-3)9-11-20)25-13-12-17-6-5-7-18(16-17)21(27)23-2/h5-11,16H,4,12-15H2,1-3H3,(H,23,27)(H2,24,25,26). The van der Waals surface area contributed by atoms with Crippen molar-refractivity contribution in [2.45, 2.75) is 13.3 Å². The maximum absolute atomic E-state index is 11.7. The van der Waals surface area contributed by atoms with Gasteiger partial charge in [-0.05, 0) is 55.3 Å². The lowest BCUT2D eigenvalue weighted by molar-refractivity contribution is 0.0963. The van der Waals surface area contributed by atoms with Crippen molar-refractivity contribution in [3.8, 4) is 11.5 Å². The van der Waals surface area contributed by atoms with Gasteiger partial charge in [0.1, 0.15) is 18.1 Å². The Bertz CT molecular complexity index is 791. The summed E-state index contributed by atoms with van der Waals surface area (Å²) >= 11 is 0. The van der Waals surface area contributed by atoms with E-state index >= 15 is 0 Å². The van der Waals surface area contributed by atoms with Gasteiger partial charge in [-0.25, -0.2) is 0 Å². The molecule has 0 heterocycles. The second kappa shape index (κ2) is 12.3. The van der Waals surface area contributed by atoms with Crippen molar-refractivity contribution in [3.63, 3.8) is 0 Å². The highest BCUT2D eigenvalue weighted by atomic mass is 16.5. The summed E-state index contributed by atoms with van der Waals surface area (Å²) in [4.78, 5) is 16.3. The largest absolute Gasteiger partial charge is 0.497 e. The summed E-state index contributed by atoms with van der Waals surface area (Å²) < 4.78 is 10.9. The number of methoxy groups -OCH3 is 1. The van der Waals surface area contributed by atoms with Crippen molar-refractivity contribution in [3.05, 3.63) is 59.7 Å². The SMILES string of the molecule is CCNC(=NCCc1cccc(C(=O)NC)c1)NCCOc1ccc(OC)cc1. The van der Waals surface area contributed by atoms with Crippen LogP contribution in [-0.4, -0.2) is 52.3 Å². The van der Waals surface area contributed by atoms with Gasteiger partial charge in [-0.3, -0.25) is 9.79 Å². The molecule has 0 saturated heterocycles. The lowest BCUT2D eigenvalue weighted by Gasteiger charge is -2.12. The topological polar surface area (TPSA) is 84.0 Å². The number of aliphatic imine (C=N–C) groups is 1. The van der Waals surface area contributed by atoms with Crippen LogP contribution in [0.2, 0.25) is 0 Å². The molecular formula is C22H30N4O3. The van der Waals surface area contributed by atoms with E-state index in [1.54, 1.807) is 20.2 Å². The fourth-order valence-corrected chi connectivity index (χ4v) is 2.66. The van der Waals surface area contributed by atoms with Crippen molar-refractivity contribution in [2.75, 3.05) is 40.4 Å². The van der Waals surface area contributed by atoms with E-state index in [4.69, 9.17) is 9.47 Å². The first-order chi connectivity index (χ1) is 14.2. The van der Waals surface area contributed by atoms with Gasteiger partial charge < -0.3 is 25.4 Å². The zero-order valence-corrected chi connectivity index (χ0v) is 17.3. The van der Waals surface area contributed by atoms with Crippen LogP contribution in [0, 0.1) is 0 Å². The van der Waals surface area contributed by atoms with E-state index in [1.165, 1.54) is 0 Å². The maximum Gasteiger partial charge on any atom is 0.251 e. The summed E-state index contributed by atoms with van der Waals surface area (Å²) in [6.45, 7) is 4.57. The average Bonchev–Trinajstić information content (AvgIpc) is 2.76. The molecule has 0 unspecified atom stereocenters. The third-order valence-corrected chi connectivity index (χ3v) is 4.15. The molecule has 2 aromatic carbocycles. The quantitative estimate of drug-likeness (QED) is 0.325. The molecule has 0 saturated carbocycles. The second-order valence-corrected chi connectivity index (χ2v) is 6.24. The van der Waals surface area contributed by atoms with Crippen molar-refractivity contribution < 1.29 is 14.3 Å². The van der Waals surface area contributed by atoms with Crippen molar-refractivity contribution in [1.29, 1.82) is 0 Å². The minimum Gasteiger partial charge on any atom is -0.497 e. The van der Waals surface area contributed by atoms with Crippen LogP contribution in [0.5, 0.6) is 11.5 Å². The van der Waals surface area contributed by atoms with E-state index in [0.717, 1.165) is 36.0 Å². The Morgan fingerprint density at radius 3 is 2.52 bits per heavy atom. The number of nitrogens with zero attached hydrogens (tertiary/aromatic N) is 1. The normalized spacial score (nSPS) is 10.9. The number of hydrogen-bond donors (Lipinski definition) is 3. The first-order valence-electron chi connectivity index (χ1n) is 9.76. The Kier molecular flexibility index (Phi) is 9.35. The summed E-state index contributed by atoms with van der Waals surface area (Å²) in [7, 11) is 3.27. The van der Waals surface area contributed by atoms with E-state index in [-0.39, 0.29) is 5.91 Å². The molecule has 0 spiro atoms. The second-order valence-electron chi connectivity index (χ2n) is 6.24. The van der Waals surface area contributed by atoms with Gasteiger partial charge in [0, 0.05) is 25.7 Å². The van der Waals surface area contributed by atoms with E-state index in [1.807, 2.05) is 49.4 Å². The van der Waals surface area contributed by atoms with Crippen LogP contribution in [0.15, 0.2) is 53.5 Å². The molecule has 3 N–H and O–H groups in total. The zero-order valence-electron chi connectivity index (χ0n) is 17.3.